The molecule has 0 saturated carbocycles. The predicted octanol–water partition coefficient (Wildman–Crippen LogP) is 2.81. The van der Waals surface area contributed by atoms with E-state index in [2.05, 4.69) is 10.6 Å². The van der Waals surface area contributed by atoms with E-state index in [1.54, 1.807) is 20.8 Å². The molecule has 0 heterocycles. The van der Waals surface area contributed by atoms with Crippen LogP contribution in [0.15, 0.2) is 12.1 Å². The van der Waals surface area contributed by atoms with Gasteiger partial charge in [-0.1, -0.05) is 0 Å². The first-order chi connectivity index (χ1) is 10.1. The lowest BCUT2D eigenvalue weighted by Crippen LogP contribution is -2.35. The second kappa shape index (κ2) is 7.01. The topological polar surface area (TPSA) is 93.5 Å². The van der Waals surface area contributed by atoms with Gasteiger partial charge in [0.1, 0.15) is 17.1 Å². The molecule has 1 aromatic carbocycles. The second-order valence-electron chi connectivity index (χ2n) is 5.40. The molecule has 0 spiro atoms. The number of carbonyl (C=O) groups is 1. The van der Waals surface area contributed by atoms with E-state index in [4.69, 9.17) is 4.74 Å². The van der Waals surface area contributed by atoms with Crippen LogP contribution >= 0.6 is 0 Å². The molecule has 2 N–H and O–H groups in total. The molecule has 0 aromatic heterocycles. The molecule has 0 fully saturated rings. The number of rotatable bonds is 5. The number of nitro groups is 1. The highest BCUT2D eigenvalue weighted by Gasteiger charge is 2.22. The fourth-order valence-electron chi connectivity index (χ4n) is 1.56. The van der Waals surface area contributed by atoms with E-state index < -0.39 is 33.9 Å². The van der Waals surface area contributed by atoms with Crippen molar-refractivity contribution in [1.82, 2.24) is 5.32 Å². The number of nitrogens with zero attached hydrogens (tertiary/aromatic N) is 1. The number of amides is 1. The van der Waals surface area contributed by atoms with Gasteiger partial charge < -0.3 is 15.4 Å². The molecule has 0 aliphatic heterocycles. The third-order valence-corrected chi connectivity index (χ3v) is 2.32. The van der Waals surface area contributed by atoms with Crippen LogP contribution in [0.2, 0.25) is 0 Å². The molecule has 0 saturated heterocycles. The Hall–Kier alpha value is -2.45. The number of alkyl carbamates (subject to hydrolysis) is 1. The van der Waals surface area contributed by atoms with E-state index in [0.717, 1.165) is 6.07 Å². The van der Waals surface area contributed by atoms with E-state index in [9.17, 15) is 23.7 Å². The van der Waals surface area contributed by atoms with Gasteiger partial charge in [0.15, 0.2) is 0 Å². The largest absolute Gasteiger partial charge is 0.444 e. The minimum atomic E-state index is -1.27. The van der Waals surface area contributed by atoms with E-state index in [-0.39, 0.29) is 18.8 Å². The highest BCUT2D eigenvalue weighted by molar-refractivity contribution is 5.68. The molecule has 1 aromatic rings. The quantitative estimate of drug-likeness (QED) is 0.495. The van der Waals surface area contributed by atoms with Gasteiger partial charge in [-0.25, -0.2) is 9.18 Å². The monoisotopic (exact) mass is 317 g/mol. The van der Waals surface area contributed by atoms with Gasteiger partial charge in [0, 0.05) is 25.2 Å². The van der Waals surface area contributed by atoms with Crippen LogP contribution in [0.5, 0.6) is 0 Å². The Morgan fingerprint density at radius 1 is 1.32 bits per heavy atom. The Labute approximate surface area is 125 Å². The molecule has 0 radical (unpaired) electrons. The Morgan fingerprint density at radius 3 is 2.50 bits per heavy atom. The molecule has 1 amide bonds. The van der Waals surface area contributed by atoms with Crippen molar-refractivity contribution in [2.75, 3.05) is 18.4 Å². The first-order valence-corrected chi connectivity index (χ1v) is 6.44. The van der Waals surface area contributed by atoms with E-state index >= 15 is 0 Å². The maximum Gasteiger partial charge on any atom is 0.407 e. The lowest BCUT2D eigenvalue weighted by Gasteiger charge is -2.19. The van der Waals surface area contributed by atoms with Gasteiger partial charge in [-0.2, -0.15) is 4.39 Å². The number of hydrogen-bond acceptors (Lipinski definition) is 5. The van der Waals surface area contributed by atoms with Gasteiger partial charge in [0.05, 0.1) is 4.92 Å². The van der Waals surface area contributed by atoms with Crippen molar-refractivity contribution in [2.24, 2.45) is 0 Å². The average Bonchev–Trinajstić information content (AvgIpc) is 2.30. The molecule has 7 nitrogen and oxygen atoms in total. The van der Waals surface area contributed by atoms with E-state index in [1.165, 1.54) is 0 Å². The van der Waals surface area contributed by atoms with Gasteiger partial charge in [0.2, 0.25) is 5.82 Å². The number of benzene rings is 1. The summed E-state index contributed by atoms with van der Waals surface area (Å²) in [5.41, 5.74) is -1.80. The third-order valence-electron chi connectivity index (χ3n) is 2.32. The summed E-state index contributed by atoms with van der Waals surface area (Å²) in [6.45, 7) is 5.18. The van der Waals surface area contributed by atoms with Crippen molar-refractivity contribution in [3.63, 3.8) is 0 Å². The first kappa shape index (κ1) is 17.6. The summed E-state index contributed by atoms with van der Waals surface area (Å²) in [5, 5.41) is 15.7. The molecule has 22 heavy (non-hydrogen) atoms. The Morgan fingerprint density at radius 2 is 1.95 bits per heavy atom. The molecular formula is C13H17F2N3O4. The van der Waals surface area contributed by atoms with Gasteiger partial charge >= 0.3 is 11.8 Å². The molecule has 0 atom stereocenters. The highest BCUT2D eigenvalue weighted by atomic mass is 19.1. The van der Waals surface area contributed by atoms with Crippen molar-refractivity contribution in [2.45, 2.75) is 26.4 Å². The highest BCUT2D eigenvalue weighted by Crippen LogP contribution is 2.28. The lowest BCUT2D eigenvalue weighted by molar-refractivity contribution is -0.386. The standard InChI is InChI=1S/C13H17F2N3O4/c1-13(2,3)22-12(19)17-5-4-16-10-7-8(14)6-9(15)11(10)18(20)21/h6-7,16H,4-5H2,1-3H3,(H,17,19). The number of nitro benzene ring substituents is 1. The van der Waals surface area contributed by atoms with Crippen LogP contribution < -0.4 is 10.6 Å². The Bertz CT molecular complexity index is 573. The molecule has 0 unspecified atom stereocenters. The fraction of sp³-hybridized carbons (Fsp3) is 0.462. The van der Waals surface area contributed by atoms with Crippen LogP contribution in [0.3, 0.4) is 0 Å². The number of hydrogen-bond donors (Lipinski definition) is 2. The molecule has 0 bridgehead atoms. The molecule has 122 valence electrons. The minimum Gasteiger partial charge on any atom is -0.444 e. The smallest absolute Gasteiger partial charge is 0.407 e. The number of ether oxygens (including phenoxy) is 1. The molecule has 0 aliphatic rings. The number of halogens is 2. The SMILES string of the molecule is CC(C)(C)OC(=O)NCCNc1cc(F)cc(F)c1[N+](=O)[O-]. The molecule has 9 heteroatoms. The summed E-state index contributed by atoms with van der Waals surface area (Å²) < 4.78 is 31.5. The Balaban J connectivity index is 2.59. The summed E-state index contributed by atoms with van der Waals surface area (Å²) in [6.07, 6.45) is -0.658. The van der Waals surface area contributed by atoms with Crippen molar-refractivity contribution in [3.05, 3.63) is 33.9 Å². The maximum absolute atomic E-state index is 13.4. The summed E-state index contributed by atoms with van der Waals surface area (Å²) >= 11 is 0. The second-order valence-corrected chi connectivity index (χ2v) is 5.40. The van der Waals surface area contributed by atoms with Crippen LogP contribution in [-0.4, -0.2) is 29.7 Å². The fourth-order valence-corrected chi connectivity index (χ4v) is 1.56. The summed E-state index contributed by atoms with van der Waals surface area (Å²) in [5.74, 6) is -2.21. The molecule has 0 aliphatic carbocycles. The van der Waals surface area contributed by atoms with Gasteiger partial charge in [-0.05, 0) is 20.8 Å². The van der Waals surface area contributed by atoms with Crippen molar-refractivity contribution in [1.29, 1.82) is 0 Å². The zero-order valence-corrected chi connectivity index (χ0v) is 12.4. The van der Waals surface area contributed by atoms with Crippen LogP contribution in [0.4, 0.5) is 25.0 Å². The zero-order valence-electron chi connectivity index (χ0n) is 12.4. The molecular weight excluding hydrogens is 300 g/mol. The van der Waals surface area contributed by atoms with Crippen LogP contribution in [0, 0.1) is 21.7 Å². The Kier molecular flexibility index (Phi) is 5.61. The first-order valence-electron chi connectivity index (χ1n) is 6.44. The normalized spacial score (nSPS) is 11.0. The maximum atomic E-state index is 13.4. The van der Waals surface area contributed by atoms with Gasteiger partial charge in [0.25, 0.3) is 0 Å². The van der Waals surface area contributed by atoms with Crippen molar-refractivity contribution >= 4 is 17.5 Å². The summed E-state index contributed by atoms with van der Waals surface area (Å²) in [7, 11) is 0. The van der Waals surface area contributed by atoms with Gasteiger partial charge in [-0.15, -0.1) is 0 Å². The van der Waals surface area contributed by atoms with Crippen LogP contribution in [0.1, 0.15) is 20.8 Å². The summed E-state index contributed by atoms with van der Waals surface area (Å²) in [4.78, 5) is 21.2. The summed E-state index contributed by atoms with van der Waals surface area (Å²) in [6, 6.07) is 1.25. The van der Waals surface area contributed by atoms with Crippen molar-refractivity contribution in [3.8, 4) is 0 Å². The number of carbonyl (C=O) groups excluding carboxylic acids is 1. The average molecular weight is 317 g/mol. The zero-order chi connectivity index (χ0) is 16.9. The van der Waals surface area contributed by atoms with Crippen molar-refractivity contribution < 1.29 is 23.2 Å². The number of anilines is 1. The van der Waals surface area contributed by atoms with Gasteiger partial charge in [-0.3, -0.25) is 10.1 Å². The van der Waals surface area contributed by atoms with E-state index in [1.807, 2.05) is 0 Å². The predicted molar refractivity (Wildman–Crippen MR) is 75.7 cm³/mol. The van der Waals surface area contributed by atoms with Crippen LogP contribution in [-0.2, 0) is 4.74 Å². The van der Waals surface area contributed by atoms with Crippen LogP contribution in [0.25, 0.3) is 0 Å². The minimum absolute atomic E-state index is 0.0307. The molecule has 1 rings (SSSR count). The lowest BCUT2D eigenvalue weighted by atomic mass is 10.2. The number of nitrogens with one attached hydrogen (secondary N) is 2. The third kappa shape index (κ3) is 5.51. The van der Waals surface area contributed by atoms with E-state index in [0.29, 0.717) is 6.07 Å².